The molecule has 2 aromatic rings. The van der Waals surface area contributed by atoms with E-state index in [0.717, 1.165) is 48.7 Å². The third-order valence-corrected chi connectivity index (χ3v) is 7.84. The lowest BCUT2D eigenvalue weighted by Crippen LogP contribution is -2.73. The van der Waals surface area contributed by atoms with E-state index in [0.29, 0.717) is 22.9 Å². The zero-order valence-electron chi connectivity index (χ0n) is 18.8. The molecule has 1 unspecified atom stereocenters. The molecule has 1 aliphatic carbocycles. The van der Waals surface area contributed by atoms with Gasteiger partial charge in [0.2, 0.25) is 0 Å². The molecule has 0 radical (unpaired) electrons. The Morgan fingerprint density at radius 1 is 1.11 bits per heavy atom. The average Bonchev–Trinajstić information content (AvgIpc) is 2.74. The number of hydrogen-bond donors (Lipinski definition) is 2. The van der Waals surface area contributed by atoms with Crippen molar-refractivity contribution in [3.8, 4) is 0 Å². The van der Waals surface area contributed by atoms with Crippen LogP contribution in [-0.4, -0.2) is 71.5 Å². The molecule has 5 rings (SSSR count). The molecule has 10 heteroatoms. The molecule has 0 aromatic heterocycles. The van der Waals surface area contributed by atoms with Crippen LogP contribution >= 0.6 is 11.6 Å². The highest BCUT2D eigenvalue weighted by atomic mass is 35.5. The quantitative estimate of drug-likeness (QED) is 0.584. The minimum atomic E-state index is -5.12. The first kappa shape index (κ1) is 24.1. The second-order valence-corrected chi connectivity index (χ2v) is 10.4. The van der Waals surface area contributed by atoms with Gasteiger partial charge in [-0.25, -0.2) is 0 Å². The van der Waals surface area contributed by atoms with Crippen molar-refractivity contribution >= 4 is 29.5 Å². The van der Waals surface area contributed by atoms with Gasteiger partial charge < -0.3 is 15.3 Å². The molecule has 1 spiro atoms. The molecule has 2 aromatic carbocycles. The fourth-order valence-corrected chi connectivity index (χ4v) is 5.76. The smallest absolute Gasteiger partial charge is 0.380 e. The number of amides is 1. The van der Waals surface area contributed by atoms with E-state index in [1.165, 1.54) is 18.2 Å². The maximum Gasteiger partial charge on any atom is 0.430 e. The molecule has 35 heavy (non-hydrogen) atoms. The molecular weight excluding hydrogens is 483 g/mol. The monoisotopic (exact) mass is 507 g/mol. The summed E-state index contributed by atoms with van der Waals surface area (Å²) in [6.07, 6.45) is -2.77. The third-order valence-electron chi connectivity index (χ3n) is 7.51. The Morgan fingerprint density at radius 3 is 2.34 bits per heavy atom. The largest absolute Gasteiger partial charge is 0.430 e. The van der Waals surface area contributed by atoms with Crippen LogP contribution in [0.4, 0.5) is 18.9 Å². The number of anilines is 1. The maximum absolute atomic E-state index is 13.8. The van der Waals surface area contributed by atoms with Crippen LogP contribution in [0.15, 0.2) is 48.5 Å². The van der Waals surface area contributed by atoms with Gasteiger partial charge in [-0.3, -0.25) is 14.5 Å². The van der Waals surface area contributed by atoms with Crippen molar-refractivity contribution in [2.24, 2.45) is 5.41 Å². The molecular formula is C25H25ClF3N3O3. The van der Waals surface area contributed by atoms with E-state index in [1.807, 2.05) is 6.07 Å². The second-order valence-electron chi connectivity index (χ2n) is 9.95. The van der Waals surface area contributed by atoms with Crippen LogP contribution < -0.4 is 5.32 Å². The van der Waals surface area contributed by atoms with Crippen molar-refractivity contribution in [1.29, 1.82) is 0 Å². The summed E-state index contributed by atoms with van der Waals surface area (Å²) in [5, 5.41) is 14.3. The lowest BCUT2D eigenvalue weighted by Gasteiger charge is -2.63. The zero-order valence-corrected chi connectivity index (χ0v) is 19.5. The van der Waals surface area contributed by atoms with Gasteiger partial charge in [0, 0.05) is 54.5 Å². The number of carbonyl (C=O) groups excluding carboxylic acids is 2. The Balaban J connectivity index is 1.12. The van der Waals surface area contributed by atoms with Crippen molar-refractivity contribution in [1.82, 2.24) is 9.80 Å². The van der Waals surface area contributed by atoms with Crippen molar-refractivity contribution < 1.29 is 27.9 Å². The molecule has 186 valence electrons. The minimum absolute atomic E-state index is 0.166. The molecule has 2 aliphatic heterocycles. The van der Waals surface area contributed by atoms with Crippen LogP contribution in [0.2, 0.25) is 5.02 Å². The Bertz CT molecular complexity index is 1130. The van der Waals surface area contributed by atoms with Crippen molar-refractivity contribution in [2.75, 3.05) is 31.5 Å². The minimum Gasteiger partial charge on any atom is -0.380 e. The summed E-state index contributed by atoms with van der Waals surface area (Å²) in [5.74, 6) is -1.31. The number of nitrogens with one attached hydrogen (secondary N) is 1. The predicted molar refractivity (Wildman–Crippen MR) is 124 cm³/mol. The fourth-order valence-electron chi connectivity index (χ4n) is 5.53. The van der Waals surface area contributed by atoms with E-state index < -0.39 is 23.2 Å². The fraction of sp³-hybridized carbons (Fsp3) is 0.440. The molecule has 2 heterocycles. The zero-order chi connectivity index (χ0) is 25.0. The number of rotatable bonds is 6. The Morgan fingerprint density at radius 2 is 1.77 bits per heavy atom. The summed E-state index contributed by atoms with van der Waals surface area (Å²) in [6.45, 7) is 2.12. The summed E-state index contributed by atoms with van der Waals surface area (Å²) < 4.78 is 41.4. The Kier molecular flexibility index (Phi) is 5.85. The molecule has 6 nitrogen and oxygen atoms in total. The van der Waals surface area contributed by atoms with Gasteiger partial charge in [0.15, 0.2) is 6.29 Å². The van der Waals surface area contributed by atoms with Crippen LogP contribution in [0.25, 0.3) is 0 Å². The summed E-state index contributed by atoms with van der Waals surface area (Å²) in [6, 6.07) is 12.3. The highest BCUT2D eigenvalue weighted by molar-refractivity contribution is 6.33. The van der Waals surface area contributed by atoms with Crippen LogP contribution in [-0.2, 0) is 10.4 Å². The molecule has 1 saturated carbocycles. The van der Waals surface area contributed by atoms with Crippen molar-refractivity contribution in [2.45, 2.75) is 36.7 Å². The number of aliphatic hydroxyl groups is 1. The first-order valence-electron chi connectivity index (χ1n) is 11.4. The standard InChI is InChI=1S/C25H25ClF3N3O3/c26-21-8-18(7-6-16(21)13-33)30-19-11-31(12-19)20-9-23(10-20)14-32(15-23)22(34)24(35,25(27,28)29)17-4-2-1-3-5-17/h1-8,13,19-20,30,35H,9-12,14-15H2. The van der Waals surface area contributed by atoms with Gasteiger partial charge in [0.25, 0.3) is 11.5 Å². The third kappa shape index (κ3) is 4.09. The van der Waals surface area contributed by atoms with Crippen molar-refractivity contribution in [3.05, 3.63) is 64.7 Å². The van der Waals surface area contributed by atoms with Crippen molar-refractivity contribution in [3.63, 3.8) is 0 Å². The molecule has 1 amide bonds. The lowest BCUT2D eigenvalue weighted by atomic mass is 9.59. The Hall–Kier alpha value is -2.62. The van der Waals surface area contributed by atoms with Gasteiger partial charge in [-0.15, -0.1) is 0 Å². The normalized spacial score (nSPS) is 22.0. The number of alkyl halides is 3. The van der Waals surface area contributed by atoms with Gasteiger partial charge in [-0.05, 0) is 31.0 Å². The number of benzene rings is 2. The summed E-state index contributed by atoms with van der Waals surface area (Å²) in [5.41, 5.74) is -2.88. The highest BCUT2D eigenvalue weighted by Gasteiger charge is 2.65. The van der Waals surface area contributed by atoms with E-state index in [1.54, 1.807) is 12.1 Å². The van der Waals surface area contributed by atoms with E-state index >= 15 is 0 Å². The van der Waals surface area contributed by atoms with Gasteiger partial charge in [0.05, 0.1) is 11.1 Å². The van der Waals surface area contributed by atoms with Gasteiger partial charge in [-0.2, -0.15) is 13.2 Å². The highest BCUT2D eigenvalue weighted by Crippen LogP contribution is 2.53. The van der Waals surface area contributed by atoms with Crippen LogP contribution in [0.1, 0.15) is 28.8 Å². The number of hydrogen-bond acceptors (Lipinski definition) is 5. The van der Waals surface area contributed by atoms with E-state index in [-0.39, 0.29) is 24.5 Å². The second kappa shape index (κ2) is 8.50. The van der Waals surface area contributed by atoms with Gasteiger partial charge >= 0.3 is 6.18 Å². The lowest BCUT2D eigenvalue weighted by molar-refractivity contribution is -0.267. The van der Waals surface area contributed by atoms with E-state index in [9.17, 15) is 27.9 Å². The number of nitrogens with zero attached hydrogens (tertiary/aromatic N) is 2. The van der Waals surface area contributed by atoms with E-state index in [2.05, 4.69) is 10.2 Å². The van der Waals surface area contributed by atoms with Gasteiger partial charge in [-0.1, -0.05) is 41.9 Å². The maximum atomic E-state index is 13.8. The first-order valence-corrected chi connectivity index (χ1v) is 11.8. The first-order chi connectivity index (χ1) is 16.5. The average molecular weight is 508 g/mol. The molecule has 3 aliphatic rings. The molecule has 1 atom stereocenters. The molecule has 2 N–H and O–H groups in total. The molecule has 3 fully saturated rings. The van der Waals surface area contributed by atoms with E-state index in [4.69, 9.17) is 11.6 Å². The topological polar surface area (TPSA) is 72.9 Å². The molecule has 0 bridgehead atoms. The SMILES string of the molecule is O=Cc1ccc(NC2CN(C3CC4(C3)CN(C(=O)C(O)(c3ccccc3)C(F)(F)F)C4)C2)cc1Cl. The number of carbonyl (C=O) groups is 2. The van der Waals surface area contributed by atoms with Crippen LogP contribution in [0, 0.1) is 5.41 Å². The summed E-state index contributed by atoms with van der Waals surface area (Å²) in [4.78, 5) is 27.1. The van der Waals surface area contributed by atoms with Crippen LogP contribution in [0.3, 0.4) is 0 Å². The van der Waals surface area contributed by atoms with Gasteiger partial charge in [0.1, 0.15) is 0 Å². The Labute approximate surface area is 205 Å². The molecule has 2 saturated heterocycles. The van der Waals surface area contributed by atoms with Crippen LogP contribution in [0.5, 0.6) is 0 Å². The summed E-state index contributed by atoms with van der Waals surface area (Å²) >= 11 is 6.07. The predicted octanol–water partition coefficient (Wildman–Crippen LogP) is 3.69. The number of halogens is 4. The summed E-state index contributed by atoms with van der Waals surface area (Å²) in [7, 11) is 0. The number of aldehydes is 1. The number of likely N-dealkylation sites (tertiary alicyclic amines) is 2.